The van der Waals surface area contributed by atoms with Crippen molar-refractivity contribution in [3.05, 3.63) is 191 Å². The lowest BCUT2D eigenvalue weighted by molar-refractivity contribution is -0.141. The number of carbonyl (C=O) groups is 4. The minimum Gasteiger partial charge on any atom is -0.507 e. The molecule has 1 fully saturated rings. The van der Waals surface area contributed by atoms with Crippen molar-refractivity contribution in [3.8, 4) is 11.5 Å². The van der Waals surface area contributed by atoms with Crippen LogP contribution in [0.1, 0.15) is 90.2 Å². The second-order valence-corrected chi connectivity index (χ2v) is 22.8. The van der Waals surface area contributed by atoms with Gasteiger partial charge in [-0.3, -0.25) is 29.6 Å². The smallest absolute Gasteiger partial charge is 0.433 e. The fraction of sp³-hybridized carbons (Fsp3) is 0.193. The third-order valence-corrected chi connectivity index (χ3v) is 14.0. The summed E-state index contributed by atoms with van der Waals surface area (Å²) in [5, 5.41) is 32.8. The van der Waals surface area contributed by atoms with E-state index in [9.17, 15) is 51.4 Å². The summed E-state index contributed by atoms with van der Waals surface area (Å²) >= 11 is 25.0. The number of hydrogen-bond donors (Lipinski definition) is 5. The van der Waals surface area contributed by atoms with Crippen LogP contribution in [-0.2, 0) is 33.1 Å². The van der Waals surface area contributed by atoms with Crippen molar-refractivity contribution in [3.63, 3.8) is 0 Å². The summed E-state index contributed by atoms with van der Waals surface area (Å²) in [6.45, 7) is 12.6. The van der Waals surface area contributed by atoms with Crippen molar-refractivity contribution >= 4 is 120 Å². The van der Waals surface area contributed by atoms with Crippen molar-refractivity contribution in [1.29, 1.82) is 5.41 Å². The number of aromatic hydroxyl groups is 1. The van der Waals surface area contributed by atoms with Crippen LogP contribution in [-0.4, -0.2) is 65.4 Å². The first-order chi connectivity index (χ1) is 38.3. The Morgan fingerprint density at radius 2 is 1.40 bits per heavy atom. The molecule has 0 atom stereocenters. The highest BCUT2D eigenvalue weighted by Crippen LogP contribution is 2.41. The Morgan fingerprint density at radius 3 is 1.95 bits per heavy atom. The summed E-state index contributed by atoms with van der Waals surface area (Å²) < 4.78 is 73.4. The number of amides is 3. The zero-order valence-corrected chi connectivity index (χ0v) is 48.0. The van der Waals surface area contributed by atoms with Crippen LogP contribution < -0.4 is 20.7 Å². The number of fused-ring (bicyclic) bond motifs is 2. The number of anilines is 1. The molecule has 4 aromatic carbocycles. The molecule has 0 aliphatic carbocycles. The standard InChI is InChI=1S/C22H13Cl2F2N3O2.C18H24N2O2S.C17H10Cl2F3N3O3/c23-17-8-27-9-18(24)20(17)28-22(31)21(30)16-11-29(10-12-1-3-13(25)4-2-12)19-6-5-14(26)7-15(16)19;1-17(2,3)11-7-10(8-12(14(11)21)18(4,5)6)9-13-15(22)20-16(19)23-13;1-28-12-4-2-9(8-3-5-13(17(20,21)22)23-14(8)12)16(26)24-15-10(18)6-25(27)7-11(15)19/h1-9,11H,10H2,(H,27,28,31);7-9,21H,1-6H3,(H2,19,20,22);2-7,27H,1H3/b;13-9-;. The molecule has 15 nitrogen and oxygen atoms in total. The number of amidine groups is 1. The summed E-state index contributed by atoms with van der Waals surface area (Å²) in [4.78, 5) is 61.7. The topological polar surface area (TPSA) is 214 Å². The van der Waals surface area contributed by atoms with Gasteiger partial charge in [-0.1, -0.05) is 100 Å². The molecule has 0 unspecified atom stereocenters. The van der Waals surface area contributed by atoms with Crippen molar-refractivity contribution in [2.45, 2.75) is 65.1 Å². The second kappa shape index (κ2) is 24.7. The number of nitrogens with zero attached hydrogens (tertiary/aromatic N) is 5. The molecular weight excluding hydrogens is 1180 g/mol. The molecule has 1 aliphatic heterocycles. The molecule has 1 saturated heterocycles. The molecule has 1 aliphatic rings. The first-order valence-electron chi connectivity index (χ1n) is 24.1. The number of alkyl halides is 3. The minimum absolute atomic E-state index is 0.00964. The van der Waals surface area contributed by atoms with Crippen molar-refractivity contribution in [1.82, 2.24) is 24.6 Å². The molecule has 9 rings (SSSR count). The van der Waals surface area contributed by atoms with E-state index in [1.54, 1.807) is 22.8 Å². The number of carbonyl (C=O) groups excluding carboxylic acids is 4. The number of Topliss-reactive ketones (excluding diaryl/α,β-unsaturated/α-hetero) is 1. The van der Waals surface area contributed by atoms with Gasteiger partial charge in [-0.2, -0.15) is 17.9 Å². The molecule has 4 aromatic heterocycles. The number of methoxy groups -OCH3 is 1. The average Bonchev–Trinajstić information content (AvgIpc) is 4.11. The Bertz CT molecular complexity index is 3910. The van der Waals surface area contributed by atoms with Gasteiger partial charge in [0, 0.05) is 52.6 Å². The van der Waals surface area contributed by atoms with E-state index in [2.05, 4.69) is 67.1 Å². The third kappa shape index (κ3) is 14.4. The number of pyridine rings is 3. The number of aromatic nitrogens is 4. The molecule has 0 spiro atoms. The van der Waals surface area contributed by atoms with Gasteiger partial charge in [-0.05, 0) is 107 Å². The van der Waals surface area contributed by atoms with E-state index >= 15 is 0 Å². The van der Waals surface area contributed by atoms with Gasteiger partial charge >= 0.3 is 6.18 Å². The fourth-order valence-corrected chi connectivity index (χ4v) is 9.84. The van der Waals surface area contributed by atoms with Crippen LogP contribution in [0, 0.1) is 17.0 Å². The summed E-state index contributed by atoms with van der Waals surface area (Å²) in [6.07, 6.45) is 3.28. The van der Waals surface area contributed by atoms with E-state index in [0.29, 0.717) is 27.4 Å². The lowest BCUT2D eigenvalue weighted by Gasteiger charge is -2.28. The molecule has 82 heavy (non-hydrogen) atoms. The Hall–Kier alpha value is -7.82. The highest BCUT2D eigenvalue weighted by atomic mass is 35.5. The molecule has 0 saturated carbocycles. The number of ether oxygens (including phenoxy) is 1. The average molecular weight is 1220 g/mol. The van der Waals surface area contributed by atoms with E-state index in [4.69, 9.17) is 56.5 Å². The third-order valence-electron chi connectivity index (χ3n) is 12.1. The Morgan fingerprint density at radius 1 is 0.805 bits per heavy atom. The zero-order valence-electron chi connectivity index (χ0n) is 44.2. The number of rotatable bonds is 8. The van der Waals surface area contributed by atoms with Crippen LogP contribution in [0.25, 0.3) is 27.9 Å². The van der Waals surface area contributed by atoms with Gasteiger partial charge < -0.3 is 30.3 Å². The van der Waals surface area contributed by atoms with Gasteiger partial charge in [-0.15, -0.1) is 0 Å². The van der Waals surface area contributed by atoms with Gasteiger partial charge in [0.05, 0.1) is 61.3 Å². The second-order valence-electron chi connectivity index (χ2n) is 20.1. The van der Waals surface area contributed by atoms with Gasteiger partial charge in [0.1, 0.15) is 39.7 Å². The van der Waals surface area contributed by atoms with E-state index in [-0.39, 0.29) is 92.0 Å². The molecule has 5 N–H and O–H groups in total. The SMILES string of the molecule is CC(C)(C)c1cc(/C=C2\SC(=N)NC2=O)cc(C(C)(C)C)c1O.COc1ccc(C(=O)N=c2c(Cl)cn(O)cc2Cl)c2ccc(C(F)(F)F)nc12.O=C(Nc1c(Cl)cncc1Cl)C(=O)c1cn(Cc2ccc(F)cc2)c2ccc(F)cc12. The molecule has 8 aromatic rings. The van der Waals surface area contributed by atoms with Crippen LogP contribution in [0.2, 0.25) is 20.1 Å². The normalized spacial score (nSPS) is 13.0. The van der Waals surface area contributed by atoms with Crippen LogP contribution >= 0.6 is 58.2 Å². The molecule has 426 valence electrons. The summed E-state index contributed by atoms with van der Waals surface area (Å²) in [6, 6.07) is 18.2. The summed E-state index contributed by atoms with van der Waals surface area (Å²) in [5.74, 6) is -3.47. The summed E-state index contributed by atoms with van der Waals surface area (Å²) in [7, 11) is 1.27. The van der Waals surface area contributed by atoms with E-state index < -0.39 is 35.3 Å². The van der Waals surface area contributed by atoms with Gasteiger partial charge in [0.2, 0.25) is 0 Å². The lowest BCUT2D eigenvalue weighted by Crippen LogP contribution is -2.23. The number of ketones is 1. The predicted molar refractivity (Wildman–Crippen MR) is 306 cm³/mol. The first-order valence-corrected chi connectivity index (χ1v) is 26.4. The molecular formula is C57H47Cl4F5N8O7S. The monoisotopic (exact) mass is 1220 g/mol. The molecule has 25 heteroatoms. The van der Waals surface area contributed by atoms with Crippen LogP contribution in [0.3, 0.4) is 0 Å². The summed E-state index contributed by atoms with van der Waals surface area (Å²) in [5.41, 5.74) is 2.24. The number of halogens is 9. The molecule has 0 bridgehead atoms. The maximum absolute atomic E-state index is 13.9. The van der Waals surface area contributed by atoms with Crippen LogP contribution in [0.15, 0.2) is 120 Å². The number of benzene rings is 4. The molecule has 3 amide bonds. The van der Waals surface area contributed by atoms with E-state index in [1.165, 1.54) is 68.2 Å². The van der Waals surface area contributed by atoms with Crippen molar-refractivity contribution in [2.24, 2.45) is 4.99 Å². The minimum atomic E-state index is -4.66. The Labute approximate surface area is 488 Å². The van der Waals surface area contributed by atoms with Crippen molar-refractivity contribution < 1.29 is 56.2 Å². The Balaban J connectivity index is 0.000000179. The largest absolute Gasteiger partial charge is 0.507 e. The lowest BCUT2D eigenvalue weighted by atomic mass is 9.78. The van der Waals surface area contributed by atoms with E-state index in [1.807, 2.05) is 12.1 Å². The van der Waals surface area contributed by atoms with Crippen LogP contribution in [0.5, 0.6) is 11.5 Å². The number of thioether (sulfide) groups is 1. The highest BCUT2D eigenvalue weighted by Gasteiger charge is 2.34. The van der Waals surface area contributed by atoms with Crippen LogP contribution in [0.4, 0.5) is 27.6 Å². The fourth-order valence-electron chi connectivity index (χ4n) is 8.14. The van der Waals surface area contributed by atoms with Gasteiger partial charge in [0.25, 0.3) is 23.5 Å². The number of phenols is 1. The number of phenolic OH excluding ortho intramolecular Hbond substituents is 1. The van der Waals surface area contributed by atoms with Gasteiger partial charge in [-0.25, -0.2) is 18.8 Å². The highest BCUT2D eigenvalue weighted by molar-refractivity contribution is 8.18. The van der Waals surface area contributed by atoms with Crippen molar-refractivity contribution in [2.75, 3.05) is 12.4 Å². The van der Waals surface area contributed by atoms with Gasteiger partial charge in [0.15, 0.2) is 5.17 Å². The first kappa shape index (κ1) is 61.8. The Kier molecular flexibility index (Phi) is 18.6. The molecule has 5 heterocycles. The maximum atomic E-state index is 13.9. The van der Waals surface area contributed by atoms with E-state index in [0.717, 1.165) is 58.5 Å². The number of hydrogen-bond acceptors (Lipinski definition) is 11. The molecule has 0 radical (unpaired) electrons. The zero-order chi connectivity index (χ0) is 60.3. The number of nitrogens with one attached hydrogen (secondary N) is 3. The quantitative estimate of drug-likeness (QED) is 0.0319. The maximum Gasteiger partial charge on any atom is 0.433 e. The predicted octanol–water partition coefficient (Wildman–Crippen LogP) is 14.0.